The van der Waals surface area contributed by atoms with E-state index in [1.807, 2.05) is 6.07 Å². The van der Waals surface area contributed by atoms with Crippen molar-refractivity contribution in [2.75, 3.05) is 27.0 Å². The minimum atomic E-state index is -0.165. The van der Waals surface area contributed by atoms with E-state index in [9.17, 15) is 4.79 Å². The molecule has 4 rings (SSSR count). The number of ether oxygens (including phenoxy) is 2. The van der Waals surface area contributed by atoms with Crippen LogP contribution in [0.4, 0.5) is 0 Å². The molecule has 0 bridgehead atoms. The Bertz CT molecular complexity index is 811. The third kappa shape index (κ3) is 2.72. The number of hydrogen-bond acceptors (Lipinski definition) is 5. The molecule has 1 aliphatic carbocycles. The van der Waals surface area contributed by atoms with Crippen LogP contribution in [0, 0.1) is 0 Å². The molecule has 0 spiro atoms. The second kappa shape index (κ2) is 6.57. The number of fused-ring (bicyclic) bond motifs is 5. The van der Waals surface area contributed by atoms with E-state index in [1.165, 1.54) is 5.56 Å². The lowest BCUT2D eigenvalue weighted by Crippen LogP contribution is -2.33. The molecule has 0 saturated heterocycles. The van der Waals surface area contributed by atoms with Gasteiger partial charge in [-0.3, -0.25) is 4.90 Å². The van der Waals surface area contributed by atoms with Crippen molar-refractivity contribution >= 4 is 11.0 Å². The van der Waals surface area contributed by atoms with Crippen molar-refractivity contribution < 1.29 is 13.9 Å². The van der Waals surface area contributed by atoms with Crippen LogP contribution in [0.25, 0.3) is 11.0 Å². The molecule has 128 valence electrons. The van der Waals surface area contributed by atoms with Crippen LogP contribution in [0.5, 0.6) is 5.75 Å². The Hall–Kier alpha value is -1.85. The van der Waals surface area contributed by atoms with Crippen molar-refractivity contribution in [3.63, 3.8) is 0 Å². The second-order valence-electron chi connectivity index (χ2n) is 6.65. The Kier molecular flexibility index (Phi) is 4.29. The molecule has 0 saturated carbocycles. The van der Waals surface area contributed by atoms with Crippen molar-refractivity contribution in [2.45, 2.75) is 38.6 Å². The van der Waals surface area contributed by atoms with Crippen LogP contribution in [-0.2, 0) is 24.1 Å². The molecule has 2 aromatic rings. The zero-order chi connectivity index (χ0) is 16.5. The van der Waals surface area contributed by atoms with Crippen LogP contribution < -0.4 is 10.4 Å². The third-order valence-corrected chi connectivity index (χ3v) is 5.06. The van der Waals surface area contributed by atoms with Gasteiger partial charge in [-0.25, -0.2) is 4.79 Å². The SMILES string of the molecule is COCCCN1COc2ccc3c4c(c(=O)oc3c2C1)CCCC4. The summed E-state index contributed by atoms with van der Waals surface area (Å²) >= 11 is 0. The maximum atomic E-state index is 12.4. The smallest absolute Gasteiger partial charge is 0.339 e. The van der Waals surface area contributed by atoms with Crippen LogP contribution in [0.2, 0.25) is 0 Å². The molecule has 2 aliphatic rings. The molecule has 0 unspecified atom stereocenters. The zero-order valence-electron chi connectivity index (χ0n) is 14.1. The predicted octanol–water partition coefficient (Wildman–Crippen LogP) is 2.86. The minimum Gasteiger partial charge on any atom is -0.478 e. The quantitative estimate of drug-likeness (QED) is 0.638. The highest BCUT2D eigenvalue weighted by Crippen LogP contribution is 2.35. The molecule has 0 radical (unpaired) electrons. The number of aryl methyl sites for hydroxylation is 1. The molecule has 24 heavy (non-hydrogen) atoms. The van der Waals surface area contributed by atoms with Crippen molar-refractivity contribution in [1.82, 2.24) is 4.90 Å². The van der Waals surface area contributed by atoms with Gasteiger partial charge in [0.2, 0.25) is 0 Å². The maximum Gasteiger partial charge on any atom is 0.339 e. The standard InChI is InChI=1S/C19H23NO4/c1-22-10-4-9-20-11-16-17(23-12-20)8-7-14-13-5-2-3-6-15(13)19(21)24-18(14)16/h7-8H,2-6,9-12H2,1H3. The van der Waals surface area contributed by atoms with Gasteiger partial charge in [-0.2, -0.15) is 0 Å². The monoisotopic (exact) mass is 329 g/mol. The molecule has 0 N–H and O–H groups in total. The summed E-state index contributed by atoms with van der Waals surface area (Å²) in [5.41, 5.74) is 3.62. The fourth-order valence-electron chi connectivity index (χ4n) is 3.84. The summed E-state index contributed by atoms with van der Waals surface area (Å²) in [5.74, 6) is 0.837. The van der Waals surface area contributed by atoms with E-state index >= 15 is 0 Å². The lowest BCUT2D eigenvalue weighted by atomic mass is 9.90. The van der Waals surface area contributed by atoms with Crippen molar-refractivity contribution in [3.05, 3.63) is 39.2 Å². The number of benzene rings is 1. The summed E-state index contributed by atoms with van der Waals surface area (Å²) in [7, 11) is 1.72. The summed E-state index contributed by atoms with van der Waals surface area (Å²) in [6.45, 7) is 2.95. The Labute approximate surface area is 141 Å². The Morgan fingerprint density at radius 2 is 2.00 bits per heavy atom. The van der Waals surface area contributed by atoms with Crippen molar-refractivity contribution in [1.29, 1.82) is 0 Å². The molecule has 0 amide bonds. The number of nitrogens with zero attached hydrogens (tertiary/aromatic N) is 1. The summed E-state index contributed by atoms with van der Waals surface area (Å²) in [4.78, 5) is 14.6. The van der Waals surface area contributed by atoms with E-state index in [-0.39, 0.29) is 5.63 Å². The van der Waals surface area contributed by atoms with Gasteiger partial charge < -0.3 is 13.9 Å². The van der Waals surface area contributed by atoms with Crippen molar-refractivity contribution in [3.8, 4) is 5.75 Å². The Balaban J connectivity index is 1.74. The van der Waals surface area contributed by atoms with Crippen LogP contribution in [-0.4, -0.2) is 31.9 Å². The van der Waals surface area contributed by atoms with Gasteiger partial charge in [0.1, 0.15) is 18.1 Å². The summed E-state index contributed by atoms with van der Waals surface area (Å²) in [6, 6.07) is 4.08. The zero-order valence-corrected chi connectivity index (χ0v) is 14.1. The van der Waals surface area contributed by atoms with E-state index < -0.39 is 0 Å². The van der Waals surface area contributed by atoms with E-state index in [2.05, 4.69) is 11.0 Å². The largest absolute Gasteiger partial charge is 0.478 e. The van der Waals surface area contributed by atoms with Crippen LogP contribution in [0.1, 0.15) is 36.0 Å². The van der Waals surface area contributed by atoms with Crippen molar-refractivity contribution in [2.24, 2.45) is 0 Å². The highest BCUT2D eigenvalue weighted by atomic mass is 16.5. The van der Waals surface area contributed by atoms with Gasteiger partial charge in [0, 0.05) is 37.8 Å². The average molecular weight is 329 g/mol. The second-order valence-corrected chi connectivity index (χ2v) is 6.65. The van der Waals surface area contributed by atoms with E-state index in [4.69, 9.17) is 13.9 Å². The third-order valence-electron chi connectivity index (χ3n) is 5.06. The first-order chi connectivity index (χ1) is 11.8. The summed E-state index contributed by atoms with van der Waals surface area (Å²) in [6.07, 6.45) is 4.98. The molecule has 5 heteroatoms. The molecule has 1 aliphatic heterocycles. The minimum absolute atomic E-state index is 0.165. The van der Waals surface area contributed by atoms with E-state index in [0.29, 0.717) is 6.73 Å². The highest BCUT2D eigenvalue weighted by Gasteiger charge is 2.24. The number of methoxy groups -OCH3 is 1. The molecule has 1 aromatic carbocycles. The summed E-state index contributed by atoms with van der Waals surface area (Å²) in [5, 5.41) is 1.09. The Morgan fingerprint density at radius 1 is 1.17 bits per heavy atom. The lowest BCUT2D eigenvalue weighted by molar-refractivity contribution is 0.0837. The fourth-order valence-corrected chi connectivity index (χ4v) is 3.84. The number of rotatable bonds is 4. The lowest BCUT2D eigenvalue weighted by Gasteiger charge is -2.29. The first kappa shape index (κ1) is 15.7. The van der Waals surface area contributed by atoms with Gasteiger partial charge in [-0.05, 0) is 49.8 Å². The van der Waals surface area contributed by atoms with Gasteiger partial charge in [-0.1, -0.05) is 0 Å². The first-order valence-corrected chi connectivity index (χ1v) is 8.72. The van der Waals surface area contributed by atoms with Gasteiger partial charge >= 0.3 is 5.63 Å². The molecule has 5 nitrogen and oxygen atoms in total. The molecular weight excluding hydrogens is 306 g/mol. The molecule has 0 fully saturated rings. The first-order valence-electron chi connectivity index (χ1n) is 8.72. The van der Waals surface area contributed by atoms with Gasteiger partial charge in [0.15, 0.2) is 0 Å². The van der Waals surface area contributed by atoms with Crippen LogP contribution >= 0.6 is 0 Å². The average Bonchev–Trinajstić information content (AvgIpc) is 2.62. The van der Waals surface area contributed by atoms with Gasteiger partial charge in [0.05, 0.1) is 5.56 Å². The van der Waals surface area contributed by atoms with E-state index in [1.54, 1.807) is 7.11 Å². The van der Waals surface area contributed by atoms with Crippen LogP contribution in [0.3, 0.4) is 0 Å². The Morgan fingerprint density at radius 3 is 2.83 bits per heavy atom. The summed E-state index contributed by atoms with van der Waals surface area (Å²) < 4.78 is 16.8. The normalized spacial score (nSPS) is 17.4. The van der Waals surface area contributed by atoms with Crippen LogP contribution in [0.15, 0.2) is 21.3 Å². The molecule has 2 heterocycles. The van der Waals surface area contributed by atoms with Gasteiger partial charge in [0.25, 0.3) is 0 Å². The molecule has 0 atom stereocenters. The fraction of sp³-hybridized carbons (Fsp3) is 0.526. The molecular formula is C19H23NO4. The topological polar surface area (TPSA) is 51.9 Å². The van der Waals surface area contributed by atoms with E-state index in [0.717, 1.165) is 79.6 Å². The number of hydrogen-bond donors (Lipinski definition) is 0. The molecule has 1 aromatic heterocycles. The maximum absolute atomic E-state index is 12.4. The van der Waals surface area contributed by atoms with Gasteiger partial charge in [-0.15, -0.1) is 0 Å². The predicted molar refractivity (Wildman–Crippen MR) is 91.5 cm³/mol. The highest BCUT2D eigenvalue weighted by molar-refractivity contribution is 5.86.